The first-order valence-corrected chi connectivity index (χ1v) is 7.05. The SMILES string of the molecule is CCC(C)C(O)C1(N(CC)CC)CCCC1. The first-order chi connectivity index (χ1) is 7.62. The molecule has 16 heavy (non-hydrogen) atoms. The van der Waals surface area contributed by atoms with Gasteiger partial charge in [0.1, 0.15) is 0 Å². The number of likely N-dealkylation sites (N-methyl/N-ethyl adjacent to an activating group) is 1. The van der Waals surface area contributed by atoms with E-state index in [1.54, 1.807) is 0 Å². The number of nitrogens with zero attached hydrogens (tertiary/aromatic N) is 1. The fraction of sp³-hybridized carbons (Fsp3) is 1.00. The molecule has 0 saturated heterocycles. The lowest BCUT2D eigenvalue weighted by molar-refractivity contribution is -0.0528. The summed E-state index contributed by atoms with van der Waals surface area (Å²) in [6.45, 7) is 10.9. The van der Waals surface area contributed by atoms with Crippen LogP contribution in [0.25, 0.3) is 0 Å². The first-order valence-electron chi connectivity index (χ1n) is 7.05. The molecule has 1 saturated carbocycles. The molecule has 96 valence electrons. The normalized spacial score (nSPS) is 23.6. The minimum absolute atomic E-state index is 0.0823. The Morgan fingerprint density at radius 2 is 1.62 bits per heavy atom. The van der Waals surface area contributed by atoms with Crippen molar-refractivity contribution in [2.75, 3.05) is 13.1 Å². The van der Waals surface area contributed by atoms with Crippen molar-refractivity contribution < 1.29 is 5.11 Å². The molecular formula is C14H29NO. The molecule has 0 aromatic rings. The third kappa shape index (κ3) is 2.43. The number of aliphatic hydroxyl groups is 1. The Hall–Kier alpha value is -0.0800. The monoisotopic (exact) mass is 227 g/mol. The van der Waals surface area contributed by atoms with E-state index in [1.807, 2.05) is 0 Å². The summed E-state index contributed by atoms with van der Waals surface area (Å²) in [5, 5.41) is 10.7. The van der Waals surface area contributed by atoms with E-state index in [4.69, 9.17) is 0 Å². The summed E-state index contributed by atoms with van der Waals surface area (Å²) in [7, 11) is 0. The zero-order valence-corrected chi connectivity index (χ0v) is 11.5. The number of aliphatic hydroxyl groups excluding tert-OH is 1. The Kier molecular flexibility index (Phi) is 5.26. The second-order valence-corrected chi connectivity index (χ2v) is 5.31. The summed E-state index contributed by atoms with van der Waals surface area (Å²) in [4.78, 5) is 2.50. The van der Waals surface area contributed by atoms with E-state index in [2.05, 4.69) is 32.6 Å². The predicted octanol–water partition coefficient (Wildman–Crippen LogP) is 3.05. The Balaban J connectivity index is 2.86. The molecule has 0 amide bonds. The fourth-order valence-electron chi connectivity index (χ4n) is 3.39. The molecular weight excluding hydrogens is 198 g/mol. The van der Waals surface area contributed by atoms with Gasteiger partial charge in [0.2, 0.25) is 0 Å². The van der Waals surface area contributed by atoms with Crippen LogP contribution < -0.4 is 0 Å². The van der Waals surface area contributed by atoms with Crippen LogP contribution in [0.4, 0.5) is 0 Å². The molecule has 1 rings (SSSR count). The van der Waals surface area contributed by atoms with Crippen molar-refractivity contribution >= 4 is 0 Å². The molecule has 0 spiro atoms. The van der Waals surface area contributed by atoms with Crippen LogP contribution in [0.2, 0.25) is 0 Å². The maximum Gasteiger partial charge on any atom is 0.0749 e. The molecule has 2 heteroatoms. The molecule has 0 aromatic heterocycles. The molecule has 0 bridgehead atoms. The predicted molar refractivity (Wildman–Crippen MR) is 69.6 cm³/mol. The van der Waals surface area contributed by atoms with Gasteiger partial charge >= 0.3 is 0 Å². The lowest BCUT2D eigenvalue weighted by atomic mass is 9.80. The summed E-state index contributed by atoms with van der Waals surface area (Å²) in [6.07, 6.45) is 5.85. The van der Waals surface area contributed by atoms with Crippen LogP contribution in [0, 0.1) is 5.92 Å². The molecule has 1 N–H and O–H groups in total. The average Bonchev–Trinajstić information content (AvgIpc) is 2.79. The van der Waals surface area contributed by atoms with Crippen molar-refractivity contribution in [1.29, 1.82) is 0 Å². The average molecular weight is 227 g/mol. The van der Waals surface area contributed by atoms with Crippen LogP contribution in [0.1, 0.15) is 59.8 Å². The van der Waals surface area contributed by atoms with Crippen molar-refractivity contribution in [3.63, 3.8) is 0 Å². The van der Waals surface area contributed by atoms with Crippen molar-refractivity contribution in [3.05, 3.63) is 0 Å². The second-order valence-electron chi connectivity index (χ2n) is 5.31. The van der Waals surface area contributed by atoms with Crippen LogP contribution in [0.3, 0.4) is 0 Å². The first kappa shape index (κ1) is 14.0. The van der Waals surface area contributed by atoms with Gasteiger partial charge in [0.15, 0.2) is 0 Å². The van der Waals surface area contributed by atoms with Crippen molar-refractivity contribution in [3.8, 4) is 0 Å². The quantitative estimate of drug-likeness (QED) is 0.754. The van der Waals surface area contributed by atoms with E-state index >= 15 is 0 Å². The van der Waals surface area contributed by atoms with E-state index in [0.29, 0.717) is 5.92 Å². The Labute approximate surface area is 101 Å². The van der Waals surface area contributed by atoms with Crippen LogP contribution in [0.15, 0.2) is 0 Å². The lowest BCUT2D eigenvalue weighted by Crippen LogP contribution is -2.56. The standard InChI is InChI=1S/C14H29NO/c1-5-12(4)13(16)14(10-8-9-11-14)15(6-2)7-3/h12-13,16H,5-11H2,1-4H3. The van der Waals surface area contributed by atoms with Gasteiger partial charge in [-0.25, -0.2) is 0 Å². The third-order valence-corrected chi connectivity index (χ3v) is 4.60. The molecule has 2 nitrogen and oxygen atoms in total. The largest absolute Gasteiger partial charge is 0.391 e. The maximum absolute atomic E-state index is 10.7. The van der Waals surface area contributed by atoms with E-state index in [-0.39, 0.29) is 11.6 Å². The number of rotatable bonds is 6. The molecule has 1 aliphatic carbocycles. The van der Waals surface area contributed by atoms with Gasteiger partial charge in [-0.3, -0.25) is 4.90 Å². The summed E-state index contributed by atoms with van der Waals surface area (Å²) in [5.41, 5.74) is 0.0823. The topological polar surface area (TPSA) is 23.5 Å². The molecule has 2 atom stereocenters. The van der Waals surface area contributed by atoms with Crippen LogP contribution >= 0.6 is 0 Å². The van der Waals surface area contributed by atoms with E-state index < -0.39 is 0 Å². The van der Waals surface area contributed by atoms with Crippen molar-refractivity contribution in [2.24, 2.45) is 5.92 Å². The molecule has 1 fully saturated rings. The van der Waals surface area contributed by atoms with Gasteiger partial charge in [-0.2, -0.15) is 0 Å². The van der Waals surface area contributed by atoms with E-state index in [0.717, 1.165) is 19.5 Å². The van der Waals surface area contributed by atoms with Gasteiger partial charge in [-0.15, -0.1) is 0 Å². The van der Waals surface area contributed by atoms with E-state index in [9.17, 15) is 5.11 Å². The van der Waals surface area contributed by atoms with Gasteiger partial charge in [0.05, 0.1) is 6.10 Å². The van der Waals surface area contributed by atoms with Gasteiger partial charge in [-0.1, -0.05) is 47.0 Å². The molecule has 2 unspecified atom stereocenters. The minimum atomic E-state index is -0.153. The highest BCUT2D eigenvalue weighted by atomic mass is 16.3. The summed E-state index contributed by atoms with van der Waals surface area (Å²) in [6, 6.07) is 0. The van der Waals surface area contributed by atoms with Crippen molar-refractivity contribution in [1.82, 2.24) is 4.90 Å². The van der Waals surface area contributed by atoms with E-state index in [1.165, 1.54) is 25.7 Å². The van der Waals surface area contributed by atoms with Crippen molar-refractivity contribution in [2.45, 2.75) is 71.4 Å². The van der Waals surface area contributed by atoms with Crippen LogP contribution in [0.5, 0.6) is 0 Å². The summed E-state index contributed by atoms with van der Waals surface area (Å²) < 4.78 is 0. The molecule has 0 aromatic carbocycles. The smallest absolute Gasteiger partial charge is 0.0749 e. The Morgan fingerprint density at radius 1 is 1.12 bits per heavy atom. The Bertz CT molecular complexity index is 195. The van der Waals surface area contributed by atoms with Crippen LogP contribution in [-0.2, 0) is 0 Å². The zero-order valence-electron chi connectivity index (χ0n) is 11.5. The van der Waals surface area contributed by atoms with Gasteiger partial charge in [0, 0.05) is 5.54 Å². The molecule has 1 aliphatic rings. The highest BCUT2D eigenvalue weighted by molar-refractivity contribution is 5.01. The maximum atomic E-state index is 10.7. The Morgan fingerprint density at radius 3 is 2.00 bits per heavy atom. The minimum Gasteiger partial charge on any atom is -0.391 e. The molecule has 0 heterocycles. The van der Waals surface area contributed by atoms with Gasteiger partial charge < -0.3 is 5.11 Å². The summed E-state index contributed by atoms with van der Waals surface area (Å²) in [5.74, 6) is 0.415. The number of hydrogen-bond donors (Lipinski definition) is 1. The van der Waals surface area contributed by atoms with Gasteiger partial charge in [0.25, 0.3) is 0 Å². The number of hydrogen-bond acceptors (Lipinski definition) is 2. The zero-order chi connectivity index (χ0) is 12.2. The fourth-order valence-corrected chi connectivity index (χ4v) is 3.39. The molecule has 0 radical (unpaired) electrons. The highest BCUT2D eigenvalue weighted by Crippen LogP contribution is 2.40. The molecule has 0 aliphatic heterocycles. The lowest BCUT2D eigenvalue weighted by Gasteiger charge is -2.46. The van der Waals surface area contributed by atoms with Crippen LogP contribution in [-0.4, -0.2) is 34.7 Å². The summed E-state index contributed by atoms with van der Waals surface area (Å²) >= 11 is 0. The second kappa shape index (κ2) is 6.02. The van der Waals surface area contributed by atoms with Gasteiger partial charge in [-0.05, 0) is 31.8 Å². The highest BCUT2D eigenvalue weighted by Gasteiger charge is 2.45. The third-order valence-electron chi connectivity index (χ3n) is 4.60.